The standard InChI is InChI=1S/C15H10O2.C6H11N3.Ag/c16-15(17)14-12-7-3-1-5-10(12)9-11-6-2-4-8-13(11)14;7-2-1-4-9-5-3-8-6-9;/h1-9H,(H,16,17);3,5-6H,1-2,4,7H2;/q;;+1/p-1. The first-order valence-corrected chi connectivity index (χ1v) is 8.48. The molecular formula is C21H20AgN3O2. The van der Waals surface area contributed by atoms with Gasteiger partial charge in [0.2, 0.25) is 0 Å². The summed E-state index contributed by atoms with van der Waals surface area (Å²) in [5.74, 6) is -1.13. The summed E-state index contributed by atoms with van der Waals surface area (Å²) in [4.78, 5) is 15.2. The summed E-state index contributed by atoms with van der Waals surface area (Å²) in [6.45, 7) is 1.73. The Hall–Kier alpha value is -2.44. The third-order valence-electron chi connectivity index (χ3n) is 4.16. The minimum absolute atomic E-state index is 0. The molecule has 27 heavy (non-hydrogen) atoms. The van der Waals surface area contributed by atoms with Crippen molar-refractivity contribution < 1.29 is 32.3 Å². The number of carboxylic acids is 1. The van der Waals surface area contributed by atoms with Crippen LogP contribution >= 0.6 is 0 Å². The molecule has 0 unspecified atom stereocenters. The number of aromatic carboxylic acids is 1. The van der Waals surface area contributed by atoms with Crippen LogP contribution in [0, 0.1) is 0 Å². The second-order valence-electron chi connectivity index (χ2n) is 5.92. The van der Waals surface area contributed by atoms with Crippen molar-refractivity contribution in [3.05, 3.63) is 78.9 Å². The Morgan fingerprint density at radius 1 is 1.04 bits per heavy atom. The van der Waals surface area contributed by atoms with Crippen LogP contribution in [0.5, 0.6) is 0 Å². The van der Waals surface area contributed by atoms with Crippen LogP contribution in [0.1, 0.15) is 16.8 Å². The number of aryl methyl sites for hydroxylation is 1. The van der Waals surface area contributed by atoms with Crippen LogP contribution < -0.4 is 10.8 Å². The minimum atomic E-state index is -1.13. The molecule has 0 aliphatic rings. The fourth-order valence-electron chi connectivity index (χ4n) is 2.93. The Morgan fingerprint density at radius 2 is 1.63 bits per heavy atom. The van der Waals surface area contributed by atoms with Gasteiger partial charge >= 0.3 is 22.4 Å². The summed E-state index contributed by atoms with van der Waals surface area (Å²) >= 11 is 0. The van der Waals surface area contributed by atoms with Crippen LogP contribution in [0.3, 0.4) is 0 Å². The number of fused-ring (bicyclic) bond motifs is 2. The van der Waals surface area contributed by atoms with E-state index in [2.05, 4.69) is 4.98 Å². The van der Waals surface area contributed by atoms with Crippen LogP contribution in [0.25, 0.3) is 21.5 Å². The van der Waals surface area contributed by atoms with Gasteiger partial charge in [0.05, 0.1) is 12.3 Å². The summed E-state index contributed by atoms with van der Waals surface area (Å²) in [5, 5.41) is 14.6. The SMILES string of the molecule is NCCCn1ccnc1.O=C([O-])c1c2ccccc2cc2ccccc12.[Ag+]. The van der Waals surface area contributed by atoms with E-state index in [-0.39, 0.29) is 27.9 Å². The van der Waals surface area contributed by atoms with Crippen molar-refractivity contribution in [3.63, 3.8) is 0 Å². The van der Waals surface area contributed by atoms with Crippen LogP contribution in [0.4, 0.5) is 0 Å². The fraction of sp³-hybridized carbons (Fsp3) is 0.143. The molecule has 0 fully saturated rings. The number of carbonyl (C=O) groups is 1. The molecule has 5 nitrogen and oxygen atoms in total. The Labute approximate surface area is 173 Å². The number of benzene rings is 3. The van der Waals surface area contributed by atoms with Gasteiger partial charge in [-0.05, 0) is 40.6 Å². The third-order valence-corrected chi connectivity index (χ3v) is 4.16. The average molecular weight is 454 g/mol. The molecule has 0 bridgehead atoms. The van der Waals surface area contributed by atoms with E-state index in [1.54, 1.807) is 12.5 Å². The zero-order chi connectivity index (χ0) is 18.4. The number of hydrogen-bond acceptors (Lipinski definition) is 4. The van der Waals surface area contributed by atoms with E-state index in [4.69, 9.17) is 5.73 Å². The molecule has 4 rings (SSSR count). The van der Waals surface area contributed by atoms with Gasteiger partial charge < -0.3 is 20.2 Å². The fourth-order valence-corrected chi connectivity index (χ4v) is 2.93. The van der Waals surface area contributed by atoms with Gasteiger partial charge in [0, 0.05) is 24.5 Å². The van der Waals surface area contributed by atoms with Crippen molar-refractivity contribution in [3.8, 4) is 0 Å². The van der Waals surface area contributed by atoms with Crippen molar-refractivity contribution in [1.82, 2.24) is 9.55 Å². The van der Waals surface area contributed by atoms with Crippen molar-refractivity contribution in [2.75, 3.05) is 6.54 Å². The topological polar surface area (TPSA) is 84.0 Å². The van der Waals surface area contributed by atoms with Crippen molar-refractivity contribution in [2.24, 2.45) is 5.73 Å². The van der Waals surface area contributed by atoms with E-state index in [0.717, 1.165) is 41.1 Å². The molecule has 1 aromatic heterocycles. The largest absolute Gasteiger partial charge is 1.00 e. The predicted octanol–water partition coefficient (Wildman–Crippen LogP) is 2.59. The Balaban J connectivity index is 0.000000224. The summed E-state index contributed by atoms with van der Waals surface area (Å²) in [7, 11) is 0. The zero-order valence-electron chi connectivity index (χ0n) is 14.6. The maximum atomic E-state index is 11.3. The molecule has 0 radical (unpaired) electrons. The average Bonchev–Trinajstić information content (AvgIpc) is 3.18. The van der Waals surface area contributed by atoms with Crippen LogP contribution in [0.2, 0.25) is 0 Å². The van der Waals surface area contributed by atoms with E-state index < -0.39 is 5.97 Å². The zero-order valence-corrected chi connectivity index (χ0v) is 16.1. The maximum absolute atomic E-state index is 11.3. The predicted molar refractivity (Wildman–Crippen MR) is 102 cm³/mol. The van der Waals surface area contributed by atoms with Gasteiger partial charge in [-0.2, -0.15) is 0 Å². The van der Waals surface area contributed by atoms with Gasteiger partial charge in [0.25, 0.3) is 0 Å². The summed E-state index contributed by atoms with van der Waals surface area (Å²) in [6, 6.07) is 16.9. The molecule has 0 aliphatic heterocycles. The van der Waals surface area contributed by atoms with Gasteiger partial charge in [-0.25, -0.2) is 4.98 Å². The smallest absolute Gasteiger partial charge is 0.545 e. The molecule has 0 aliphatic carbocycles. The molecule has 0 spiro atoms. The molecule has 6 heteroatoms. The number of carboxylic acid groups (broad SMARTS) is 1. The van der Waals surface area contributed by atoms with Crippen LogP contribution in [0.15, 0.2) is 73.3 Å². The Bertz CT molecular complexity index is 962. The molecule has 142 valence electrons. The first-order chi connectivity index (χ1) is 12.7. The molecule has 0 atom stereocenters. The van der Waals surface area contributed by atoms with E-state index in [1.165, 1.54) is 0 Å². The Kier molecular flexibility index (Phi) is 7.76. The molecule has 4 aromatic rings. The molecule has 2 N–H and O–H groups in total. The first-order valence-electron chi connectivity index (χ1n) is 8.48. The van der Waals surface area contributed by atoms with Crippen molar-refractivity contribution >= 4 is 27.5 Å². The van der Waals surface area contributed by atoms with Crippen LogP contribution in [-0.4, -0.2) is 22.1 Å². The van der Waals surface area contributed by atoms with Gasteiger partial charge in [0.15, 0.2) is 0 Å². The first kappa shape index (κ1) is 20.9. The number of aromatic nitrogens is 2. The quantitative estimate of drug-likeness (QED) is 0.380. The second-order valence-corrected chi connectivity index (χ2v) is 5.92. The molecule has 0 saturated heterocycles. The summed E-state index contributed by atoms with van der Waals surface area (Å²) in [5.41, 5.74) is 5.59. The second kappa shape index (κ2) is 10.0. The molecule has 1 heterocycles. The number of hydrogen-bond donors (Lipinski definition) is 1. The molecular weight excluding hydrogens is 434 g/mol. The summed E-state index contributed by atoms with van der Waals surface area (Å²) in [6.07, 6.45) is 6.54. The normalized spacial score (nSPS) is 10.1. The van der Waals surface area contributed by atoms with E-state index in [0.29, 0.717) is 0 Å². The van der Waals surface area contributed by atoms with Crippen LogP contribution in [-0.2, 0) is 28.9 Å². The molecule has 0 saturated carbocycles. The summed E-state index contributed by atoms with van der Waals surface area (Å²) < 4.78 is 2.02. The minimum Gasteiger partial charge on any atom is -0.545 e. The van der Waals surface area contributed by atoms with Crippen molar-refractivity contribution in [1.29, 1.82) is 0 Å². The monoisotopic (exact) mass is 453 g/mol. The van der Waals surface area contributed by atoms with E-state index >= 15 is 0 Å². The van der Waals surface area contributed by atoms with Gasteiger partial charge in [0.1, 0.15) is 0 Å². The Morgan fingerprint density at radius 3 is 2.11 bits per heavy atom. The number of imidazole rings is 1. The maximum Gasteiger partial charge on any atom is 1.00 e. The van der Waals surface area contributed by atoms with E-state index in [1.807, 2.05) is 65.4 Å². The number of rotatable bonds is 4. The van der Waals surface area contributed by atoms with Gasteiger partial charge in [-0.1, -0.05) is 48.5 Å². The molecule has 3 aromatic carbocycles. The van der Waals surface area contributed by atoms with E-state index in [9.17, 15) is 9.90 Å². The van der Waals surface area contributed by atoms with Gasteiger partial charge in [-0.3, -0.25) is 0 Å². The van der Waals surface area contributed by atoms with Gasteiger partial charge in [-0.15, -0.1) is 0 Å². The molecule has 0 amide bonds. The number of nitrogens with zero attached hydrogens (tertiary/aromatic N) is 2. The third kappa shape index (κ3) is 5.05. The van der Waals surface area contributed by atoms with Crippen molar-refractivity contribution in [2.45, 2.75) is 13.0 Å². The number of nitrogens with two attached hydrogens (primary N) is 1. The number of carbonyl (C=O) groups excluding carboxylic acids is 1.